The fourth-order valence-corrected chi connectivity index (χ4v) is 1.65. The Hall–Kier alpha value is -1.43. The lowest BCUT2D eigenvalue weighted by molar-refractivity contribution is 0.0108. The van der Waals surface area contributed by atoms with Gasteiger partial charge >= 0.3 is 5.97 Å². The number of nitrogens with zero attached hydrogens (tertiary/aromatic N) is 3. The number of aromatic nitrogens is 3. The van der Waals surface area contributed by atoms with Crippen molar-refractivity contribution in [2.24, 2.45) is 0 Å². The Morgan fingerprint density at radius 1 is 1.39 bits per heavy atom. The lowest BCUT2D eigenvalue weighted by atomic mass is 9.97. The highest BCUT2D eigenvalue weighted by molar-refractivity contribution is 5.88. The maximum Gasteiger partial charge on any atom is 0.360 e. The zero-order valence-corrected chi connectivity index (χ0v) is 11.4. The normalized spacial score (nSPS) is 11.6. The average Bonchev–Trinajstić information content (AvgIpc) is 2.71. The highest BCUT2D eigenvalue weighted by atomic mass is 16.5. The molecule has 0 bridgehead atoms. The molecule has 0 aliphatic carbocycles. The van der Waals surface area contributed by atoms with Gasteiger partial charge < -0.3 is 9.84 Å². The highest BCUT2D eigenvalue weighted by Crippen LogP contribution is 2.18. The number of hydrogen-bond donors (Lipinski definition) is 1. The Kier molecular flexibility index (Phi) is 4.84. The highest BCUT2D eigenvalue weighted by Gasteiger charge is 2.26. The summed E-state index contributed by atoms with van der Waals surface area (Å²) in [5.74, 6) is -0.474. The monoisotopic (exact) mass is 255 g/mol. The van der Waals surface area contributed by atoms with Gasteiger partial charge in [0.25, 0.3) is 0 Å². The molecule has 6 heteroatoms. The van der Waals surface area contributed by atoms with Crippen LogP contribution in [0, 0.1) is 6.92 Å². The largest absolute Gasteiger partial charge is 0.461 e. The molecule has 0 spiro atoms. The molecule has 0 amide bonds. The van der Waals surface area contributed by atoms with E-state index in [1.807, 2.05) is 13.8 Å². The topological polar surface area (TPSA) is 77.2 Å². The summed E-state index contributed by atoms with van der Waals surface area (Å²) in [5.41, 5.74) is 0.0184. The van der Waals surface area contributed by atoms with Gasteiger partial charge in [0.1, 0.15) is 0 Å². The Labute approximate surface area is 107 Å². The molecular weight excluding hydrogens is 234 g/mol. The zero-order valence-electron chi connectivity index (χ0n) is 11.4. The minimum Gasteiger partial charge on any atom is -0.461 e. The number of ether oxygens (including phenoxy) is 1. The molecule has 1 aromatic heterocycles. The van der Waals surface area contributed by atoms with Gasteiger partial charge in [-0.2, -0.15) is 0 Å². The van der Waals surface area contributed by atoms with E-state index < -0.39 is 11.6 Å². The maximum atomic E-state index is 11.6. The third-order valence-corrected chi connectivity index (χ3v) is 3.21. The van der Waals surface area contributed by atoms with Crippen LogP contribution in [0.5, 0.6) is 0 Å². The maximum absolute atomic E-state index is 11.6. The van der Waals surface area contributed by atoms with E-state index in [0.717, 1.165) is 0 Å². The Balaban J connectivity index is 2.90. The summed E-state index contributed by atoms with van der Waals surface area (Å²) in [4.78, 5) is 11.6. The average molecular weight is 255 g/mol. The first-order valence-corrected chi connectivity index (χ1v) is 6.27. The van der Waals surface area contributed by atoms with E-state index in [4.69, 9.17) is 4.74 Å². The molecule has 0 saturated heterocycles. The number of carbonyl (C=O) groups is 1. The first kappa shape index (κ1) is 14.6. The predicted molar refractivity (Wildman–Crippen MR) is 66.2 cm³/mol. The van der Waals surface area contributed by atoms with Crippen LogP contribution in [0.3, 0.4) is 0 Å². The van der Waals surface area contributed by atoms with E-state index in [1.54, 1.807) is 18.5 Å². The molecule has 1 heterocycles. The van der Waals surface area contributed by atoms with Crippen LogP contribution in [0.25, 0.3) is 0 Å². The van der Waals surface area contributed by atoms with Crippen molar-refractivity contribution in [2.45, 2.75) is 52.7 Å². The van der Waals surface area contributed by atoms with E-state index in [0.29, 0.717) is 31.7 Å². The standard InChI is InChI=1S/C12H21N3O3/c1-5-12(17,6-2)8-15-9(4)10(13-14-15)11(16)18-7-3/h17H,5-8H2,1-4H3. The fourth-order valence-electron chi connectivity index (χ4n) is 1.65. The second-order valence-corrected chi connectivity index (χ2v) is 4.33. The number of carbonyl (C=O) groups excluding carboxylic acids is 1. The smallest absolute Gasteiger partial charge is 0.360 e. The summed E-state index contributed by atoms with van der Waals surface area (Å²) in [7, 11) is 0. The van der Waals surface area contributed by atoms with Crippen molar-refractivity contribution in [2.75, 3.05) is 6.61 Å². The third-order valence-electron chi connectivity index (χ3n) is 3.21. The van der Waals surface area contributed by atoms with Crippen LogP contribution in [0.4, 0.5) is 0 Å². The number of rotatable bonds is 6. The summed E-state index contributed by atoms with van der Waals surface area (Å²) in [5, 5.41) is 18.0. The fraction of sp³-hybridized carbons (Fsp3) is 0.750. The van der Waals surface area contributed by atoms with Gasteiger partial charge in [-0.05, 0) is 26.7 Å². The molecule has 0 aliphatic heterocycles. The van der Waals surface area contributed by atoms with Crippen LogP contribution in [0.15, 0.2) is 0 Å². The predicted octanol–water partition coefficient (Wildman–Crippen LogP) is 1.31. The number of esters is 1. The van der Waals surface area contributed by atoms with Crippen LogP contribution in [0.2, 0.25) is 0 Å². The molecule has 0 fully saturated rings. The summed E-state index contributed by atoms with van der Waals surface area (Å²) >= 11 is 0. The van der Waals surface area contributed by atoms with Crippen molar-refractivity contribution in [3.8, 4) is 0 Å². The van der Waals surface area contributed by atoms with E-state index in [1.165, 1.54) is 0 Å². The molecule has 0 unspecified atom stereocenters. The van der Waals surface area contributed by atoms with Crippen molar-refractivity contribution in [1.29, 1.82) is 0 Å². The van der Waals surface area contributed by atoms with Crippen LogP contribution in [-0.2, 0) is 11.3 Å². The van der Waals surface area contributed by atoms with E-state index >= 15 is 0 Å². The molecule has 18 heavy (non-hydrogen) atoms. The number of aliphatic hydroxyl groups is 1. The van der Waals surface area contributed by atoms with Crippen LogP contribution in [-0.4, -0.2) is 38.3 Å². The molecule has 0 radical (unpaired) electrons. The van der Waals surface area contributed by atoms with E-state index in [2.05, 4.69) is 10.3 Å². The molecule has 0 aliphatic rings. The van der Waals surface area contributed by atoms with Gasteiger partial charge in [-0.15, -0.1) is 5.10 Å². The lowest BCUT2D eigenvalue weighted by Crippen LogP contribution is -2.33. The van der Waals surface area contributed by atoms with Gasteiger partial charge in [0.2, 0.25) is 0 Å². The third kappa shape index (κ3) is 3.07. The Morgan fingerprint density at radius 2 is 2.00 bits per heavy atom. The van der Waals surface area contributed by atoms with E-state index in [-0.39, 0.29) is 5.69 Å². The van der Waals surface area contributed by atoms with Crippen LogP contribution < -0.4 is 0 Å². The summed E-state index contributed by atoms with van der Waals surface area (Å²) in [6.07, 6.45) is 1.25. The second-order valence-electron chi connectivity index (χ2n) is 4.33. The zero-order chi connectivity index (χ0) is 13.8. The van der Waals surface area contributed by atoms with E-state index in [9.17, 15) is 9.90 Å². The molecule has 1 aromatic rings. The van der Waals surface area contributed by atoms with Gasteiger partial charge in [-0.3, -0.25) is 0 Å². The SMILES string of the molecule is CCOC(=O)c1nnn(CC(O)(CC)CC)c1C. The van der Waals surface area contributed by atoms with Crippen molar-refractivity contribution in [3.05, 3.63) is 11.4 Å². The lowest BCUT2D eigenvalue weighted by Gasteiger charge is -2.25. The Bertz CT molecular complexity index is 411. The molecule has 1 rings (SSSR count). The first-order valence-electron chi connectivity index (χ1n) is 6.27. The van der Waals surface area contributed by atoms with Gasteiger partial charge in [0.05, 0.1) is 24.4 Å². The van der Waals surface area contributed by atoms with Crippen LogP contribution in [0.1, 0.15) is 49.8 Å². The van der Waals surface area contributed by atoms with Gasteiger partial charge in [0, 0.05) is 0 Å². The van der Waals surface area contributed by atoms with Gasteiger partial charge in [-0.25, -0.2) is 9.48 Å². The summed E-state index contributed by atoms with van der Waals surface area (Å²) in [6.45, 7) is 7.96. The van der Waals surface area contributed by atoms with Crippen molar-refractivity contribution in [3.63, 3.8) is 0 Å². The van der Waals surface area contributed by atoms with Crippen molar-refractivity contribution in [1.82, 2.24) is 15.0 Å². The summed E-state index contributed by atoms with van der Waals surface area (Å²) in [6, 6.07) is 0. The molecule has 0 atom stereocenters. The van der Waals surface area contributed by atoms with Crippen molar-refractivity contribution < 1.29 is 14.6 Å². The second kappa shape index (κ2) is 5.95. The van der Waals surface area contributed by atoms with Gasteiger partial charge in [0.15, 0.2) is 5.69 Å². The minimum absolute atomic E-state index is 0.214. The van der Waals surface area contributed by atoms with Crippen molar-refractivity contribution >= 4 is 5.97 Å². The molecule has 102 valence electrons. The van der Waals surface area contributed by atoms with Gasteiger partial charge in [-0.1, -0.05) is 19.1 Å². The molecule has 1 N–H and O–H groups in total. The molecule has 0 aromatic carbocycles. The Morgan fingerprint density at radius 3 is 2.50 bits per heavy atom. The number of hydrogen-bond acceptors (Lipinski definition) is 5. The summed E-state index contributed by atoms with van der Waals surface area (Å²) < 4.78 is 6.44. The quantitative estimate of drug-likeness (QED) is 0.776. The minimum atomic E-state index is -0.815. The van der Waals surface area contributed by atoms with Crippen LogP contribution >= 0.6 is 0 Å². The molecular formula is C12H21N3O3. The molecule has 6 nitrogen and oxygen atoms in total. The molecule has 0 saturated carbocycles. The first-order chi connectivity index (χ1) is 8.47.